The lowest BCUT2D eigenvalue weighted by Gasteiger charge is -2.13. The second-order valence-corrected chi connectivity index (χ2v) is 12.4. The standard InChI is InChI=1S/C41H26N4S/c1-2-7-29(8-3-1)39-26-31-13-14-38-40(41(31)46-39)34-11-4-5-12-37(34)45(38)33-10-6-9-30(23-33)36-25-32(27-15-19-42-20-16-27)24-35(44-36)28-17-21-43-22-18-28/h1-26H. The molecule has 0 N–H and O–H groups in total. The van der Waals surface area contributed by atoms with E-state index in [0.29, 0.717) is 0 Å². The Labute approximate surface area is 269 Å². The number of hydrogen-bond acceptors (Lipinski definition) is 4. The van der Waals surface area contributed by atoms with Crippen molar-refractivity contribution >= 4 is 43.2 Å². The van der Waals surface area contributed by atoms with Gasteiger partial charge >= 0.3 is 0 Å². The van der Waals surface area contributed by atoms with Crippen molar-refractivity contribution in [2.24, 2.45) is 0 Å². The van der Waals surface area contributed by atoms with Crippen molar-refractivity contribution in [1.82, 2.24) is 19.5 Å². The number of rotatable bonds is 5. The Bertz CT molecular complexity index is 2460. The van der Waals surface area contributed by atoms with E-state index in [2.05, 4.69) is 124 Å². The minimum atomic E-state index is 0.906. The van der Waals surface area contributed by atoms with Crippen molar-refractivity contribution in [3.63, 3.8) is 0 Å². The van der Waals surface area contributed by atoms with E-state index in [-0.39, 0.29) is 0 Å². The molecular weight excluding hydrogens is 581 g/mol. The minimum Gasteiger partial charge on any atom is -0.309 e. The average Bonchev–Trinajstić information content (AvgIpc) is 3.72. The number of thiophene rings is 1. The fourth-order valence-electron chi connectivity index (χ4n) is 6.44. The molecule has 0 fully saturated rings. The summed E-state index contributed by atoms with van der Waals surface area (Å²) in [5.74, 6) is 0. The number of nitrogens with zero attached hydrogens (tertiary/aromatic N) is 4. The van der Waals surface area contributed by atoms with Gasteiger partial charge in [0.25, 0.3) is 0 Å². The van der Waals surface area contributed by atoms with Crippen LogP contribution in [-0.4, -0.2) is 19.5 Å². The molecule has 216 valence electrons. The molecule has 0 bridgehead atoms. The molecule has 0 spiro atoms. The summed E-state index contributed by atoms with van der Waals surface area (Å²) in [4.78, 5) is 14.9. The molecule has 0 saturated heterocycles. The Kier molecular flexibility index (Phi) is 6.28. The third-order valence-corrected chi connectivity index (χ3v) is 9.81. The summed E-state index contributed by atoms with van der Waals surface area (Å²) in [6.45, 7) is 0. The molecule has 0 radical (unpaired) electrons. The van der Waals surface area contributed by atoms with E-state index in [4.69, 9.17) is 4.98 Å². The summed E-state index contributed by atoms with van der Waals surface area (Å²) in [7, 11) is 0. The summed E-state index contributed by atoms with van der Waals surface area (Å²) in [5, 5.41) is 3.82. The van der Waals surface area contributed by atoms with Gasteiger partial charge in [-0.05, 0) is 88.8 Å². The van der Waals surface area contributed by atoms with Crippen molar-refractivity contribution in [2.75, 3.05) is 0 Å². The fraction of sp³-hybridized carbons (Fsp3) is 0. The molecule has 0 aliphatic heterocycles. The SMILES string of the molecule is c1ccc(-c2cc3ccc4c(c5ccccc5n4-c4cccc(-c5cc(-c6ccncc6)cc(-c6ccncc6)n5)c4)c3s2)cc1. The van der Waals surface area contributed by atoms with Crippen molar-refractivity contribution in [1.29, 1.82) is 0 Å². The number of fused-ring (bicyclic) bond motifs is 5. The maximum Gasteiger partial charge on any atom is 0.0716 e. The van der Waals surface area contributed by atoms with Crippen LogP contribution in [0, 0.1) is 0 Å². The van der Waals surface area contributed by atoms with Crippen molar-refractivity contribution in [3.05, 3.63) is 158 Å². The highest BCUT2D eigenvalue weighted by Crippen LogP contribution is 2.43. The molecule has 5 heterocycles. The Balaban J connectivity index is 1.24. The van der Waals surface area contributed by atoms with Crippen LogP contribution < -0.4 is 0 Å². The molecule has 4 nitrogen and oxygen atoms in total. The molecule has 4 aromatic carbocycles. The van der Waals surface area contributed by atoms with Crippen molar-refractivity contribution in [2.45, 2.75) is 0 Å². The van der Waals surface area contributed by atoms with E-state index < -0.39 is 0 Å². The monoisotopic (exact) mass is 606 g/mol. The molecule has 0 aliphatic carbocycles. The lowest BCUT2D eigenvalue weighted by atomic mass is 10.0. The van der Waals surface area contributed by atoms with Gasteiger partial charge in [-0.3, -0.25) is 9.97 Å². The van der Waals surface area contributed by atoms with Crippen molar-refractivity contribution in [3.8, 4) is 49.8 Å². The van der Waals surface area contributed by atoms with Crippen LogP contribution in [0.1, 0.15) is 0 Å². The third kappa shape index (κ3) is 4.48. The first-order chi connectivity index (χ1) is 22.8. The highest BCUT2D eigenvalue weighted by Gasteiger charge is 2.18. The van der Waals surface area contributed by atoms with Gasteiger partial charge in [-0.2, -0.15) is 0 Å². The second kappa shape index (κ2) is 10.9. The number of para-hydroxylation sites is 1. The zero-order chi connectivity index (χ0) is 30.5. The lowest BCUT2D eigenvalue weighted by molar-refractivity contribution is 1.18. The maximum atomic E-state index is 5.17. The second-order valence-electron chi connectivity index (χ2n) is 11.4. The van der Waals surface area contributed by atoms with Gasteiger partial charge in [-0.25, -0.2) is 4.98 Å². The molecule has 0 saturated carbocycles. The summed E-state index contributed by atoms with van der Waals surface area (Å²) in [5.41, 5.74) is 10.8. The van der Waals surface area contributed by atoms with Crippen LogP contribution >= 0.6 is 11.3 Å². The lowest BCUT2D eigenvalue weighted by Crippen LogP contribution is -1.96. The minimum absolute atomic E-state index is 0.906. The van der Waals surface area contributed by atoms with Crippen LogP contribution in [0.3, 0.4) is 0 Å². The first kappa shape index (κ1) is 26.5. The zero-order valence-electron chi connectivity index (χ0n) is 24.7. The summed E-state index contributed by atoms with van der Waals surface area (Å²) < 4.78 is 3.71. The molecule has 0 aliphatic rings. The molecule has 0 unspecified atom stereocenters. The molecule has 0 amide bonds. The van der Waals surface area contributed by atoms with Gasteiger partial charge in [0.15, 0.2) is 0 Å². The van der Waals surface area contributed by atoms with E-state index in [9.17, 15) is 0 Å². The molecule has 46 heavy (non-hydrogen) atoms. The summed E-state index contributed by atoms with van der Waals surface area (Å²) in [6, 6.07) is 47.4. The van der Waals surface area contributed by atoms with Crippen LogP contribution in [0.5, 0.6) is 0 Å². The van der Waals surface area contributed by atoms with Gasteiger partial charge < -0.3 is 4.57 Å². The molecule has 5 heteroatoms. The van der Waals surface area contributed by atoms with Crippen molar-refractivity contribution < 1.29 is 0 Å². The van der Waals surface area contributed by atoms with Gasteiger partial charge in [-0.1, -0.05) is 66.7 Å². The smallest absolute Gasteiger partial charge is 0.0716 e. The van der Waals surface area contributed by atoms with Crippen LogP contribution in [0.4, 0.5) is 0 Å². The first-order valence-electron chi connectivity index (χ1n) is 15.2. The van der Waals surface area contributed by atoms with E-state index in [1.807, 2.05) is 60.4 Å². The predicted molar refractivity (Wildman–Crippen MR) is 191 cm³/mol. The van der Waals surface area contributed by atoms with Crippen LogP contribution in [-0.2, 0) is 0 Å². The number of benzene rings is 4. The van der Waals surface area contributed by atoms with E-state index in [0.717, 1.165) is 39.3 Å². The van der Waals surface area contributed by atoms with Crippen LogP contribution in [0.15, 0.2) is 158 Å². The number of hydrogen-bond donors (Lipinski definition) is 0. The van der Waals surface area contributed by atoms with Crippen LogP contribution in [0.25, 0.3) is 81.7 Å². The molecule has 5 aromatic heterocycles. The zero-order valence-corrected chi connectivity index (χ0v) is 25.5. The third-order valence-electron chi connectivity index (χ3n) is 8.59. The molecule has 0 atom stereocenters. The number of pyridine rings is 3. The molecule has 9 rings (SSSR count). The summed E-state index contributed by atoms with van der Waals surface area (Å²) >= 11 is 1.87. The van der Waals surface area contributed by atoms with Crippen LogP contribution in [0.2, 0.25) is 0 Å². The number of aromatic nitrogens is 4. The highest BCUT2D eigenvalue weighted by atomic mass is 32.1. The predicted octanol–water partition coefficient (Wildman–Crippen LogP) is 10.9. The maximum absolute atomic E-state index is 5.17. The fourth-order valence-corrected chi connectivity index (χ4v) is 7.66. The Morgan fingerprint density at radius 1 is 0.478 bits per heavy atom. The average molecular weight is 607 g/mol. The van der Waals surface area contributed by atoms with Gasteiger partial charge in [-0.15, -0.1) is 11.3 Å². The highest BCUT2D eigenvalue weighted by molar-refractivity contribution is 7.23. The van der Waals surface area contributed by atoms with Gasteiger partial charge in [0.1, 0.15) is 0 Å². The Morgan fingerprint density at radius 2 is 1.17 bits per heavy atom. The first-order valence-corrected chi connectivity index (χ1v) is 16.1. The van der Waals surface area contributed by atoms with Gasteiger partial charge in [0.2, 0.25) is 0 Å². The normalized spacial score (nSPS) is 11.5. The Morgan fingerprint density at radius 3 is 1.98 bits per heavy atom. The molecular formula is C41H26N4S. The quantitative estimate of drug-likeness (QED) is 0.196. The van der Waals surface area contributed by atoms with Gasteiger partial charge in [0.05, 0.1) is 22.4 Å². The summed E-state index contributed by atoms with van der Waals surface area (Å²) in [6.07, 6.45) is 7.29. The topological polar surface area (TPSA) is 43.6 Å². The van der Waals surface area contributed by atoms with Gasteiger partial charge in [0, 0.05) is 62.0 Å². The van der Waals surface area contributed by atoms with E-state index >= 15 is 0 Å². The Hall–Kier alpha value is -5.91. The molecule has 9 aromatic rings. The largest absolute Gasteiger partial charge is 0.309 e. The van der Waals surface area contributed by atoms with E-state index in [1.165, 1.54) is 42.3 Å². The van der Waals surface area contributed by atoms with E-state index in [1.54, 1.807) is 0 Å².